The van der Waals surface area contributed by atoms with E-state index in [0.29, 0.717) is 37.7 Å². The predicted molar refractivity (Wildman–Crippen MR) is 125 cm³/mol. The van der Waals surface area contributed by atoms with Crippen molar-refractivity contribution in [2.45, 2.75) is 13.1 Å². The van der Waals surface area contributed by atoms with E-state index in [-0.39, 0.29) is 12.5 Å². The largest absolute Gasteiger partial charge is 0.395 e. The van der Waals surface area contributed by atoms with Gasteiger partial charge in [-0.15, -0.1) is 0 Å². The molecule has 0 saturated heterocycles. The van der Waals surface area contributed by atoms with Gasteiger partial charge in [-0.2, -0.15) is 5.10 Å². The first kappa shape index (κ1) is 22.2. The van der Waals surface area contributed by atoms with Crippen LogP contribution in [0.1, 0.15) is 5.69 Å². The van der Waals surface area contributed by atoms with Crippen molar-refractivity contribution in [1.29, 1.82) is 0 Å². The zero-order valence-electron chi connectivity index (χ0n) is 18.0. The van der Waals surface area contributed by atoms with Gasteiger partial charge in [-0.05, 0) is 36.9 Å². The number of pyridine rings is 1. The lowest BCUT2D eigenvalue weighted by Gasteiger charge is -2.27. The minimum Gasteiger partial charge on any atom is -0.395 e. The summed E-state index contributed by atoms with van der Waals surface area (Å²) < 4.78 is 2.00. The monoisotopic (exact) mass is 451 g/mol. The van der Waals surface area contributed by atoms with Gasteiger partial charge in [0.05, 0.1) is 25.4 Å². The standard InChI is InChI=1S/C24H26ClN5O2/c1-28(15-16-31)12-2-3-22(32)29-13-14-30-21(17-29)23(18-8-10-26-11-9-18)24(27-30)19-4-6-20(25)7-5-19/h2-11,31H,12-17H2,1H3/b3-2+. The maximum atomic E-state index is 12.8. The van der Waals surface area contributed by atoms with Gasteiger partial charge in [-0.1, -0.05) is 29.8 Å². The second-order valence-corrected chi connectivity index (χ2v) is 8.22. The Hall–Kier alpha value is -3.00. The highest BCUT2D eigenvalue weighted by atomic mass is 35.5. The third-order valence-electron chi connectivity index (χ3n) is 5.54. The van der Waals surface area contributed by atoms with Gasteiger partial charge >= 0.3 is 0 Å². The third-order valence-corrected chi connectivity index (χ3v) is 5.79. The molecular weight excluding hydrogens is 426 g/mol. The molecule has 0 radical (unpaired) electrons. The fraction of sp³-hybridized carbons (Fsp3) is 0.292. The topological polar surface area (TPSA) is 74.5 Å². The number of fused-ring (bicyclic) bond motifs is 1. The molecule has 8 heteroatoms. The van der Waals surface area contributed by atoms with Gasteiger partial charge in [0.2, 0.25) is 5.91 Å². The second-order valence-electron chi connectivity index (χ2n) is 7.78. The van der Waals surface area contributed by atoms with Crippen LogP contribution >= 0.6 is 11.6 Å². The predicted octanol–water partition coefficient (Wildman–Crippen LogP) is 3.09. The summed E-state index contributed by atoms with van der Waals surface area (Å²) in [6, 6.07) is 11.6. The van der Waals surface area contributed by atoms with Gasteiger partial charge in [0.25, 0.3) is 0 Å². The molecule has 0 bridgehead atoms. The summed E-state index contributed by atoms with van der Waals surface area (Å²) in [5.74, 6) is -0.0245. The number of amides is 1. The average Bonchev–Trinajstić information content (AvgIpc) is 3.19. The highest BCUT2D eigenvalue weighted by molar-refractivity contribution is 6.30. The number of hydrogen-bond acceptors (Lipinski definition) is 5. The number of aliphatic hydroxyl groups excluding tert-OH is 1. The normalized spacial score (nSPS) is 13.7. The Labute approximate surface area is 192 Å². The number of rotatable bonds is 7. The lowest BCUT2D eigenvalue weighted by Crippen LogP contribution is -2.37. The Bertz CT molecular complexity index is 1100. The van der Waals surface area contributed by atoms with Crippen LogP contribution in [-0.2, 0) is 17.9 Å². The molecule has 1 aromatic carbocycles. The highest BCUT2D eigenvalue weighted by Gasteiger charge is 2.27. The van der Waals surface area contributed by atoms with Gasteiger partial charge in [0.15, 0.2) is 0 Å². The Kier molecular flexibility index (Phi) is 6.99. The molecule has 1 amide bonds. The molecule has 1 N–H and O–H groups in total. The minimum atomic E-state index is -0.0245. The fourth-order valence-electron chi connectivity index (χ4n) is 3.84. The van der Waals surface area contributed by atoms with Crippen molar-refractivity contribution in [3.8, 4) is 22.4 Å². The molecule has 3 heterocycles. The van der Waals surface area contributed by atoms with E-state index in [1.54, 1.807) is 18.5 Å². The maximum Gasteiger partial charge on any atom is 0.246 e. The van der Waals surface area contributed by atoms with Gasteiger partial charge in [0, 0.05) is 54.3 Å². The lowest BCUT2D eigenvalue weighted by molar-refractivity contribution is -0.127. The molecule has 2 aromatic heterocycles. The van der Waals surface area contributed by atoms with Gasteiger partial charge < -0.3 is 14.9 Å². The maximum absolute atomic E-state index is 12.8. The van der Waals surface area contributed by atoms with E-state index < -0.39 is 0 Å². The summed E-state index contributed by atoms with van der Waals surface area (Å²) in [4.78, 5) is 20.8. The van der Waals surface area contributed by atoms with E-state index in [4.69, 9.17) is 21.8 Å². The van der Waals surface area contributed by atoms with E-state index in [2.05, 4.69) is 4.98 Å². The third kappa shape index (κ3) is 4.91. The molecule has 0 spiro atoms. The number of carbonyl (C=O) groups is 1. The van der Waals surface area contributed by atoms with Crippen LogP contribution in [0.25, 0.3) is 22.4 Å². The summed E-state index contributed by atoms with van der Waals surface area (Å²) >= 11 is 6.09. The smallest absolute Gasteiger partial charge is 0.246 e. The summed E-state index contributed by atoms with van der Waals surface area (Å²) in [7, 11) is 1.91. The van der Waals surface area contributed by atoms with E-state index in [9.17, 15) is 4.79 Å². The molecule has 0 saturated carbocycles. The Balaban J connectivity index is 1.63. The Morgan fingerprint density at radius 3 is 2.62 bits per heavy atom. The number of aromatic nitrogens is 3. The molecule has 32 heavy (non-hydrogen) atoms. The highest BCUT2D eigenvalue weighted by Crippen LogP contribution is 2.36. The minimum absolute atomic E-state index is 0.0245. The quantitative estimate of drug-likeness (QED) is 0.559. The zero-order chi connectivity index (χ0) is 22.5. The van der Waals surface area contributed by atoms with Crippen LogP contribution in [-0.4, -0.2) is 68.9 Å². The van der Waals surface area contributed by atoms with E-state index >= 15 is 0 Å². The lowest BCUT2D eigenvalue weighted by atomic mass is 9.99. The Morgan fingerprint density at radius 1 is 1.16 bits per heavy atom. The number of carbonyl (C=O) groups excluding carboxylic acids is 1. The SMILES string of the molecule is CN(C/C=C/C(=O)N1CCn2nc(-c3ccc(Cl)cc3)c(-c3ccncc3)c2C1)CCO. The van der Waals surface area contributed by atoms with Crippen LogP contribution in [0.2, 0.25) is 5.02 Å². The van der Waals surface area contributed by atoms with E-state index in [1.807, 2.05) is 64.0 Å². The zero-order valence-corrected chi connectivity index (χ0v) is 18.7. The summed E-state index contributed by atoms with van der Waals surface area (Å²) in [6.45, 7) is 2.99. The van der Waals surface area contributed by atoms with E-state index in [1.165, 1.54) is 0 Å². The van der Waals surface area contributed by atoms with Gasteiger partial charge in [-0.25, -0.2) is 0 Å². The molecule has 0 fully saturated rings. The van der Waals surface area contributed by atoms with Gasteiger partial charge in [-0.3, -0.25) is 14.5 Å². The van der Waals surface area contributed by atoms with Crippen LogP contribution in [0.5, 0.6) is 0 Å². The molecule has 1 aliphatic rings. The van der Waals surface area contributed by atoms with Crippen LogP contribution in [0.15, 0.2) is 60.9 Å². The molecule has 0 aliphatic carbocycles. The van der Waals surface area contributed by atoms with Gasteiger partial charge in [0.1, 0.15) is 5.69 Å². The number of aliphatic hydroxyl groups is 1. The molecular formula is C24H26ClN5O2. The number of likely N-dealkylation sites (N-methyl/N-ethyl adjacent to an activating group) is 1. The molecule has 3 aromatic rings. The fourth-order valence-corrected chi connectivity index (χ4v) is 3.96. The first-order valence-corrected chi connectivity index (χ1v) is 11.0. The van der Waals surface area contributed by atoms with Crippen molar-refractivity contribution in [2.24, 2.45) is 0 Å². The molecule has 4 rings (SSSR count). The number of benzene rings is 1. The van der Waals surface area contributed by atoms with Crippen LogP contribution in [0, 0.1) is 0 Å². The number of hydrogen-bond donors (Lipinski definition) is 1. The number of halogens is 1. The molecule has 1 aliphatic heterocycles. The molecule has 166 valence electrons. The molecule has 7 nitrogen and oxygen atoms in total. The van der Waals surface area contributed by atoms with Crippen molar-refractivity contribution in [1.82, 2.24) is 24.6 Å². The number of nitrogens with zero attached hydrogens (tertiary/aromatic N) is 5. The molecule has 0 atom stereocenters. The molecule has 0 unspecified atom stereocenters. The summed E-state index contributed by atoms with van der Waals surface area (Å²) in [6.07, 6.45) is 6.99. The first-order valence-electron chi connectivity index (χ1n) is 10.6. The second kappa shape index (κ2) is 10.1. The van der Waals surface area contributed by atoms with Crippen LogP contribution < -0.4 is 0 Å². The van der Waals surface area contributed by atoms with Crippen LogP contribution in [0.4, 0.5) is 0 Å². The van der Waals surface area contributed by atoms with E-state index in [0.717, 1.165) is 28.1 Å². The average molecular weight is 452 g/mol. The van der Waals surface area contributed by atoms with Crippen molar-refractivity contribution in [2.75, 3.05) is 33.3 Å². The summed E-state index contributed by atoms with van der Waals surface area (Å²) in [5, 5.41) is 14.6. The first-order chi connectivity index (χ1) is 15.6. The summed E-state index contributed by atoms with van der Waals surface area (Å²) in [5.41, 5.74) is 4.89. The van der Waals surface area contributed by atoms with Crippen molar-refractivity contribution in [3.63, 3.8) is 0 Å². The van der Waals surface area contributed by atoms with Crippen molar-refractivity contribution < 1.29 is 9.90 Å². The van der Waals surface area contributed by atoms with Crippen LogP contribution in [0.3, 0.4) is 0 Å². The van der Waals surface area contributed by atoms with Crippen molar-refractivity contribution in [3.05, 3.63) is 71.7 Å². The van der Waals surface area contributed by atoms with Crippen molar-refractivity contribution >= 4 is 17.5 Å². The Morgan fingerprint density at radius 2 is 1.91 bits per heavy atom.